The summed E-state index contributed by atoms with van der Waals surface area (Å²) in [5, 5.41) is 3.22. The molecular weight excluding hydrogens is 220 g/mol. The number of hydrogen-bond donors (Lipinski definition) is 1. The van der Waals surface area contributed by atoms with Crippen molar-refractivity contribution in [3.05, 3.63) is 59.7 Å². The third-order valence-corrected chi connectivity index (χ3v) is 3.20. The van der Waals surface area contributed by atoms with Gasteiger partial charge in [-0.05, 0) is 37.2 Å². The third kappa shape index (κ3) is 2.54. The van der Waals surface area contributed by atoms with Crippen LogP contribution in [0.25, 0.3) is 0 Å². The van der Waals surface area contributed by atoms with E-state index in [9.17, 15) is 0 Å². The first-order valence-electron chi connectivity index (χ1n) is 6.26. The highest BCUT2D eigenvalue weighted by Gasteiger charge is 2.09. The van der Waals surface area contributed by atoms with Gasteiger partial charge in [-0.3, -0.25) is 0 Å². The second-order valence-electron chi connectivity index (χ2n) is 4.50. The first-order chi connectivity index (χ1) is 8.74. The summed E-state index contributed by atoms with van der Waals surface area (Å²) in [4.78, 5) is 2.25. The number of aryl methyl sites for hydroxylation is 1. The van der Waals surface area contributed by atoms with Gasteiger partial charge in [-0.1, -0.05) is 36.4 Å². The van der Waals surface area contributed by atoms with Gasteiger partial charge >= 0.3 is 0 Å². The monoisotopic (exact) mass is 240 g/mol. The molecule has 0 aliphatic carbocycles. The van der Waals surface area contributed by atoms with Crippen molar-refractivity contribution < 1.29 is 0 Å². The summed E-state index contributed by atoms with van der Waals surface area (Å²) >= 11 is 0. The molecule has 0 heterocycles. The van der Waals surface area contributed by atoms with E-state index >= 15 is 0 Å². The Balaban J connectivity index is 2.40. The van der Waals surface area contributed by atoms with Gasteiger partial charge in [0.1, 0.15) is 0 Å². The van der Waals surface area contributed by atoms with E-state index in [1.807, 2.05) is 7.05 Å². The van der Waals surface area contributed by atoms with Gasteiger partial charge < -0.3 is 10.2 Å². The number of rotatable bonds is 4. The zero-order valence-corrected chi connectivity index (χ0v) is 11.3. The average Bonchev–Trinajstić information content (AvgIpc) is 2.40. The van der Waals surface area contributed by atoms with Gasteiger partial charge in [-0.25, -0.2) is 0 Å². The Labute approximate surface area is 109 Å². The molecule has 0 fully saturated rings. The van der Waals surface area contributed by atoms with Crippen LogP contribution in [0.3, 0.4) is 0 Å². The lowest BCUT2D eigenvalue weighted by Gasteiger charge is -2.24. The van der Waals surface area contributed by atoms with Crippen molar-refractivity contribution in [1.82, 2.24) is 5.32 Å². The van der Waals surface area contributed by atoms with Crippen molar-refractivity contribution in [2.45, 2.75) is 13.5 Å². The summed E-state index contributed by atoms with van der Waals surface area (Å²) in [6, 6.07) is 17.0. The molecule has 18 heavy (non-hydrogen) atoms. The highest BCUT2D eigenvalue weighted by atomic mass is 15.1. The number of anilines is 2. The molecule has 0 aromatic heterocycles. The number of nitrogens with one attached hydrogen (secondary N) is 1. The van der Waals surface area contributed by atoms with E-state index in [0.717, 1.165) is 6.54 Å². The van der Waals surface area contributed by atoms with Crippen LogP contribution < -0.4 is 10.2 Å². The van der Waals surface area contributed by atoms with Gasteiger partial charge in [-0.2, -0.15) is 0 Å². The molecule has 2 rings (SSSR count). The Morgan fingerprint density at radius 3 is 2.22 bits per heavy atom. The summed E-state index contributed by atoms with van der Waals surface area (Å²) < 4.78 is 0. The molecule has 0 spiro atoms. The summed E-state index contributed by atoms with van der Waals surface area (Å²) in [6.45, 7) is 3.03. The van der Waals surface area contributed by atoms with Gasteiger partial charge in [0.2, 0.25) is 0 Å². The molecule has 0 aliphatic rings. The second kappa shape index (κ2) is 5.69. The van der Waals surface area contributed by atoms with Crippen molar-refractivity contribution in [1.29, 1.82) is 0 Å². The molecule has 94 valence electrons. The maximum absolute atomic E-state index is 3.22. The molecule has 2 heteroatoms. The van der Waals surface area contributed by atoms with Crippen LogP contribution >= 0.6 is 0 Å². The largest absolute Gasteiger partial charge is 0.344 e. The Morgan fingerprint density at radius 2 is 1.56 bits per heavy atom. The van der Waals surface area contributed by atoms with Crippen molar-refractivity contribution in [2.75, 3.05) is 19.0 Å². The molecule has 0 saturated carbocycles. The zero-order valence-electron chi connectivity index (χ0n) is 11.3. The molecule has 0 atom stereocenters. The van der Waals surface area contributed by atoms with Crippen LogP contribution in [0.2, 0.25) is 0 Å². The zero-order chi connectivity index (χ0) is 13.0. The molecule has 0 unspecified atom stereocenters. The summed E-state index contributed by atoms with van der Waals surface area (Å²) in [6.07, 6.45) is 0. The molecule has 0 bridgehead atoms. The van der Waals surface area contributed by atoms with Crippen molar-refractivity contribution in [3.63, 3.8) is 0 Å². The van der Waals surface area contributed by atoms with E-state index in [2.05, 4.69) is 72.7 Å². The minimum atomic E-state index is 0.881. The SMILES string of the molecule is CNCc1ccccc1N(C)c1ccccc1C. The summed E-state index contributed by atoms with van der Waals surface area (Å²) in [7, 11) is 4.10. The van der Waals surface area contributed by atoms with Crippen LogP contribution in [0, 0.1) is 6.92 Å². The second-order valence-corrected chi connectivity index (χ2v) is 4.50. The molecular formula is C16H20N2. The van der Waals surface area contributed by atoms with Crippen molar-refractivity contribution >= 4 is 11.4 Å². The van der Waals surface area contributed by atoms with Crippen LogP contribution in [0.1, 0.15) is 11.1 Å². The van der Waals surface area contributed by atoms with E-state index in [-0.39, 0.29) is 0 Å². The number of para-hydroxylation sites is 2. The highest BCUT2D eigenvalue weighted by molar-refractivity contribution is 5.68. The van der Waals surface area contributed by atoms with E-state index in [4.69, 9.17) is 0 Å². The smallest absolute Gasteiger partial charge is 0.0453 e. The van der Waals surface area contributed by atoms with E-state index in [1.165, 1.54) is 22.5 Å². The number of nitrogens with zero attached hydrogens (tertiary/aromatic N) is 1. The van der Waals surface area contributed by atoms with Gasteiger partial charge in [0.25, 0.3) is 0 Å². The molecule has 2 aromatic carbocycles. The fourth-order valence-electron chi connectivity index (χ4n) is 2.25. The van der Waals surface area contributed by atoms with Crippen molar-refractivity contribution in [2.24, 2.45) is 0 Å². The lowest BCUT2D eigenvalue weighted by atomic mass is 10.1. The average molecular weight is 240 g/mol. The standard InChI is InChI=1S/C16H20N2/c1-13-8-4-6-10-15(13)18(3)16-11-7-5-9-14(16)12-17-2/h4-11,17H,12H2,1-3H3. The number of hydrogen-bond acceptors (Lipinski definition) is 2. The van der Waals surface area contributed by atoms with E-state index < -0.39 is 0 Å². The molecule has 0 saturated heterocycles. The number of benzene rings is 2. The molecule has 1 N–H and O–H groups in total. The van der Waals surface area contributed by atoms with Crippen molar-refractivity contribution in [3.8, 4) is 0 Å². The fourth-order valence-corrected chi connectivity index (χ4v) is 2.25. The predicted octanol–water partition coefficient (Wildman–Crippen LogP) is 3.48. The van der Waals surface area contributed by atoms with Crippen LogP contribution in [0.5, 0.6) is 0 Å². The minimum absolute atomic E-state index is 0.881. The molecule has 0 aliphatic heterocycles. The lowest BCUT2D eigenvalue weighted by molar-refractivity contribution is 0.816. The van der Waals surface area contributed by atoms with E-state index in [1.54, 1.807) is 0 Å². The van der Waals surface area contributed by atoms with Crippen LogP contribution in [0.15, 0.2) is 48.5 Å². The molecule has 0 amide bonds. The van der Waals surface area contributed by atoms with Gasteiger partial charge in [-0.15, -0.1) is 0 Å². The molecule has 0 radical (unpaired) electrons. The quantitative estimate of drug-likeness (QED) is 0.880. The topological polar surface area (TPSA) is 15.3 Å². The molecule has 2 aromatic rings. The van der Waals surface area contributed by atoms with Gasteiger partial charge in [0.15, 0.2) is 0 Å². The Kier molecular flexibility index (Phi) is 4.00. The first kappa shape index (κ1) is 12.7. The first-order valence-corrected chi connectivity index (χ1v) is 6.26. The molecule has 2 nitrogen and oxygen atoms in total. The predicted molar refractivity (Wildman–Crippen MR) is 78.4 cm³/mol. The Morgan fingerprint density at radius 1 is 0.944 bits per heavy atom. The minimum Gasteiger partial charge on any atom is -0.344 e. The van der Waals surface area contributed by atoms with Crippen LogP contribution in [-0.2, 0) is 6.54 Å². The summed E-state index contributed by atoms with van der Waals surface area (Å²) in [5.41, 5.74) is 5.10. The lowest BCUT2D eigenvalue weighted by Crippen LogP contribution is -2.15. The highest BCUT2D eigenvalue weighted by Crippen LogP contribution is 2.29. The normalized spacial score (nSPS) is 10.4. The fraction of sp³-hybridized carbons (Fsp3) is 0.250. The van der Waals surface area contributed by atoms with Crippen LogP contribution in [-0.4, -0.2) is 14.1 Å². The van der Waals surface area contributed by atoms with Gasteiger partial charge in [0.05, 0.1) is 0 Å². The van der Waals surface area contributed by atoms with Gasteiger partial charge in [0, 0.05) is 25.0 Å². The maximum atomic E-state index is 3.22. The summed E-state index contributed by atoms with van der Waals surface area (Å²) in [5.74, 6) is 0. The maximum Gasteiger partial charge on any atom is 0.0453 e. The third-order valence-electron chi connectivity index (χ3n) is 3.20. The van der Waals surface area contributed by atoms with Crippen LogP contribution in [0.4, 0.5) is 11.4 Å². The van der Waals surface area contributed by atoms with E-state index in [0.29, 0.717) is 0 Å². The Hall–Kier alpha value is -1.80. The Bertz CT molecular complexity index is 520.